The molecule has 0 aliphatic rings. The van der Waals surface area contributed by atoms with Crippen LogP contribution in [0, 0.1) is 0 Å². The third-order valence-electron chi connectivity index (χ3n) is 1.50. The van der Waals surface area contributed by atoms with Crippen LogP contribution in [0.15, 0.2) is 0 Å². The molecule has 0 amide bonds. The molecule has 92 valence electrons. The summed E-state index contributed by atoms with van der Waals surface area (Å²) in [7, 11) is 0. The normalized spacial score (nSPS) is 16.7. The molecule has 1 nitrogen and oxygen atoms in total. The minimum atomic E-state index is -11.1. The Labute approximate surface area is 80.9 Å². The van der Waals surface area contributed by atoms with E-state index < -0.39 is 14.2 Å². The van der Waals surface area contributed by atoms with Crippen LogP contribution in [0.3, 0.4) is 0 Å². The molecule has 0 unspecified atom stereocenters. The third kappa shape index (κ3) is 40.1. The van der Waals surface area contributed by atoms with Crippen molar-refractivity contribution in [3.05, 3.63) is 0 Å². The first-order valence-electron chi connectivity index (χ1n) is 4.20. The van der Waals surface area contributed by atoms with Gasteiger partial charge in [0.25, 0.3) is 0 Å². The molecule has 0 atom stereocenters. The Morgan fingerprint density at radius 1 is 0.714 bits per heavy atom. The van der Waals surface area contributed by atoms with Crippen LogP contribution in [-0.4, -0.2) is 33.8 Å². The Morgan fingerprint density at radius 3 is 0.857 bits per heavy atom. The van der Waals surface area contributed by atoms with Crippen LogP contribution < -0.4 is 4.90 Å². The van der Waals surface area contributed by atoms with Crippen molar-refractivity contribution in [2.45, 2.75) is 20.8 Å². The van der Waals surface area contributed by atoms with Gasteiger partial charge >= 0.3 is 35.0 Å². The van der Waals surface area contributed by atoms with Crippen molar-refractivity contribution >= 4 is 14.2 Å². The number of rotatable bonds is 3. The van der Waals surface area contributed by atoms with Gasteiger partial charge in [-0.3, -0.25) is 0 Å². The molecule has 0 fully saturated rings. The van der Waals surface area contributed by atoms with E-state index in [-0.39, 0.29) is 0 Å². The Morgan fingerprint density at radius 2 is 0.857 bits per heavy atom. The van der Waals surface area contributed by atoms with Crippen LogP contribution >= 0.6 is 0 Å². The van der Waals surface area contributed by atoms with Crippen LogP contribution in [0.4, 0.5) is 20.8 Å². The van der Waals surface area contributed by atoms with Crippen LogP contribution in [0.2, 0.25) is 0 Å². The van der Waals surface area contributed by atoms with Crippen molar-refractivity contribution in [1.29, 1.82) is 0 Å². The van der Waals surface area contributed by atoms with Gasteiger partial charge in [-0.1, -0.05) is 0 Å². The van der Waals surface area contributed by atoms with E-state index in [1.165, 1.54) is 19.6 Å². The van der Waals surface area contributed by atoms with Crippen LogP contribution in [0.1, 0.15) is 20.8 Å². The second-order valence-electron chi connectivity index (χ2n) is 2.77. The molecule has 0 aliphatic carbocycles. The molecular weight excluding hydrogens is 275 g/mol. The summed E-state index contributed by atoms with van der Waals surface area (Å²) in [4.78, 5) is 1.68. The zero-order chi connectivity index (χ0) is 12.1. The van der Waals surface area contributed by atoms with E-state index in [2.05, 4.69) is 20.8 Å². The fraction of sp³-hybridized carbons (Fsp3) is 1.00. The zero-order valence-corrected chi connectivity index (χ0v) is 10.2. The quantitative estimate of drug-likeness (QED) is 0.600. The van der Waals surface area contributed by atoms with Crippen LogP contribution in [0.25, 0.3) is 0 Å². The van der Waals surface area contributed by atoms with Crippen LogP contribution in [0.5, 0.6) is 0 Å². The number of quaternary nitrogens is 1. The first kappa shape index (κ1) is 16.5. The predicted octanol–water partition coefficient (Wildman–Crippen LogP) is 2.07. The summed E-state index contributed by atoms with van der Waals surface area (Å²) in [5.41, 5.74) is 0. The number of hydrogen-bond acceptors (Lipinski definition) is 0. The summed E-state index contributed by atoms with van der Waals surface area (Å²) in [6.07, 6.45) is 0. The number of hydrogen-bond donors (Lipinski definition) is 1. The van der Waals surface area contributed by atoms with E-state index in [1.54, 1.807) is 4.90 Å². The summed E-state index contributed by atoms with van der Waals surface area (Å²) < 4.78 is 59.4. The molecule has 0 saturated heterocycles. The van der Waals surface area contributed by atoms with Gasteiger partial charge in [0.1, 0.15) is 0 Å². The molecule has 0 aliphatic heterocycles. The average Bonchev–Trinajstić information content (AvgIpc) is 1.84. The van der Waals surface area contributed by atoms with Gasteiger partial charge in [-0.2, -0.15) is 0 Å². The van der Waals surface area contributed by atoms with E-state index in [1.807, 2.05) is 0 Å². The van der Waals surface area contributed by atoms with Gasteiger partial charge in [0.05, 0.1) is 19.6 Å². The molecule has 14 heavy (non-hydrogen) atoms. The molecule has 0 bridgehead atoms. The van der Waals surface area contributed by atoms with Crippen molar-refractivity contribution < 1.29 is 25.7 Å². The van der Waals surface area contributed by atoms with E-state index >= 15 is 0 Å². The molecule has 0 aromatic rings. The third-order valence-corrected chi connectivity index (χ3v) is 1.50. The average molecular weight is 291 g/mol. The van der Waals surface area contributed by atoms with E-state index in [0.29, 0.717) is 0 Å². The monoisotopic (exact) mass is 291 g/mol. The maximum atomic E-state index is 9.91. The zero-order valence-electron chi connectivity index (χ0n) is 8.34. The van der Waals surface area contributed by atoms with Gasteiger partial charge in [0.15, 0.2) is 0 Å². The molecule has 0 aromatic heterocycles. The van der Waals surface area contributed by atoms with Crippen LogP contribution in [-0.2, 0) is 0 Å². The van der Waals surface area contributed by atoms with E-state index in [4.69, 9.17) is 0 Å². The molecule has 8 heteroatoms. The number of halogens is 6. The van der Waals surface area contributed by atoms with Crippen molar-refractivity contribution in [3.63, 3.8) is 0 Å². The van der Waals surface area contributed by atoms with Crippen molar-refractivity contribution in [3.8, 4) is 0 Å². The molecular formula is C6H16AsF6N. The standard InChI is InChI=1S/C6H15N.AsF6/c1-4-7(5-2)6-3;2-1(3,4,5,6)7/h4-6H2,1-3H3;/q;-1/p+1. The number of nitrogens with one attached hydrogen (secondary N) is 1. The van der Waals surface area contributed by atoms with Gasteiger partial charge in [-0.15, -0.1) is 0 Å². The molecule has 1 N–H and O–H groups in total. The summed E-state index contributed by atoms with van der Waals surface area (Å²) in [5.74, 6) is 0. The molecule has 0 aromatic carbocycles. The van der Waals surface area contributed by atoms with E-state index in [9.17, 15) is 20.8 Å². The first-order valence-corrected chi connectivity index (χ1v) is 8.45. The van der Waals surface area contributed by atoms with Crippen molar-refractivity contribution in [1.82, 2.24) is 0 Å². The van der Waals surface area contributed by atoms with Gasteiger partial charge in [-0.25, -0.2) is 0 Å². The van der Waals surface area contributed by atoms with E-state index in [0.717, 1.165) is 0 Å². The summed E-state index contributed by atoms with van der Waals surface area (Å²) in [6.45, 7) is 10.5. The second-order valence-corrected chi connectivity index (χ2v) is 6.79. The Balaban J connectivity index is 0. The molecule has 0 rings (SSSR count). The molecule has 0 spiro atoms. The summed E-state index contributed by atoms with van der Waals surface area (Å²) in [5, 5.41) is 0. The summed E-state index contributed by atoms with van der Waals surface area (Å²) in [6, 6.07) is 0. The SMILES string of the molecule is CC[NH+](CC)CC.F[As-](F)(F)(F)(F)F. The fourth-order valence-corrected chi connectivity index (χ4v) is 0.750. The predicted molar refractivity (Wildman–Crippen MR) is 45.0 cm³/mol. The maximum absolute atomic E-state index is 11.1. The van der Waals surface area contributed by atoms with Gasteiger partial charge in [0.2, 0.25) is 0 Å². The Kier molecular flexibility index (Phi) is 5.08. The molecule has 0 radical (unpaired) electrons. The fourth-order valence-electron chi connectivity index (χ4n) is 0.750. The van der Waals surface area contributed by atoms with Crippen molar-refractivity contribution in [2.75, 3.05) is 19.6 Å². The topological polar surface area (TPSA) is 4.44 Å². The molecule has 0 saturated carbocycles. The Bertz CT molecular complexity index is 139. The van der Waals surface area contributed by atoms with Gasteiger partial charge < -0.3 is 4.90 Å². The van der Waals surface area contributed by atoms with Crippen molar-refractivity contribution in [2.24, 2.45) is 0 Å². The van der Waals surface area contributed by atoms with Gasteiger partial charge in [-0.05, 0) is 20.8 Å². The van der Waals surface area contributed by atoms with Gasteiger partial charge in [0, 0.05) is 0 Å². The summed E-state index contributed by atoms with van der Waals surface area (Å²) >= 11 is -11.1. The first-order chi connectivity index (χ1) is 5.80. The second kappa shape index (κ2) is 4.31. The Hall–Kier alpha value is 0.0984. The molecule has 0 heterocycles. The minimum absolute atomic E-state index is 1.27.